The summed E-state index contributed by atoms with van der Waals surface area (Å²) < 4.78 is 0. The molecule has 0 radical (unpaired) electrons. The molecule has 0 spiro atoms. The minimum absolute atomic E-state index is 0.383. The van der Waals surface area contributed by atoms with Gasteiger partial charge in [-0.15, -0.1) is 0 Å². The Bertz CT molecular complexity index is 552. The fourth-order valence-corrected chi connectivity index (χ4v) is 4.74. The Morgan fingerprint density at radius 3 is 2.47 bits per heavy atom. The zero-order valence-corrected chi connectivity index (χ0v) is 11.9. The van der Waals surface area contributed by atoms with Gasteiger partial charge in [0.15, 0.2) is 0 Å². The van der Waals surface area contributed by atoms with Crippen LogP contribution in [0.25, 0.3) is 0 Å². The molecular formula is C17H21NO. The van der Waals surface area contributed by atoms with E-state index in [1.807, 2.05) is 0 Å². The van der Waals surface area contributed by atoms with Crippen LogP contribution >= 0.6 is 0 Å². The molecular weight excluding hydrogens is 234 g/mol. The zero-order chi connectivity index (χ0) is 13.1. The second-order valence-electron chi connectivity index (χ2n) is 6.68. The summed E-state index contributed by atoms with van der Waals surface area (Å²) in [5, 5.41) is 4.50. The third-order valence-electron chi connectivity index (χ3n) is 5.36. The predicted molar refractivity (Wildman–Crippen MR) is 76.4 cm³/mol. The number of fused-ring (bicyclic) bond motifs is 5. The molecule has 1 aromatic rings. The molecule has 2 heteroatoms. The van der Waals surface area contributed by atoms with Crippen LogP contribution in [0.15, 0.2) is 17.3 Å². The van der Waals surface area contributed by atoms with Crippen LogP contribution < -0.4 is 0 Å². The number of aryl methyl sites for hydroxylation is 3. The van der Waals surface area contributed by atoms with Crippen LogP contribution in [0.2, 0.25) is 0 Å². The van der Waals surface area contributed by atoms with Crippen molar-refractivity contribution in [2.75, 3.05) is 0 Å². The summed E-state index contributed by atoms with van der Waals surface area (Å²) in [7, 11) is 0. The average Bonchev–Trinajstić information content (AvgIpc) is 2.98. The van der Waals surface area contributed by atoms with Gasteiger partial charge < -0.3 is 4.84 Å². The predicted octanol–water partition coefficient (Wildman–Crippen LogP) is 3.76. The van der Waals surface area contributed by atoms with Gasteiger partial charge in [-0.1, -0.05) is 22.9 Å². The molecule has 0 N–H and O–H groups in total. The van der Waals surface area contributed by atoms with Crippen LogP contribution in [0.3, 0.4) is 0 Å². The van der Waals surface area contributed by atoms with Crippen molar-refractivity contribution in [3.8, 4) is 0 Å². The number of oxime groups is 1. The molecule has 0 aromatic heterocycles. The lowest BCUT2D eigenvalue weighted by Gasteiger charge is -2.24. The lowest BCUT2D eigenvalue weighted by Crippen LogP contribution is -2.30. The van der Waals surface area contributed by atoms with Crippen molar-refractivity contribution in [2.24, 2.45) is 22.9 Å². The van der Waals surface area contributed by atoms with Crippen molar-refractivity contribution < 1.29 is 4.84 Å². The van der Waals surface area contributed by atoms with Crippen molar-refractivity contribution in [1.29, 1.82) is 0 Å². The van der Waals surface area contributed by atoms with Crippen LogP contribution in [0.4, 0.5) is 0 Å². The first-order valence-corrected chi connectivity index (χ1v) is 7.47. The monoisotopic (exact) mass is 255 g/mol. The molecule has 2 saturated carbocycles. The molecule has 1 aromatic carbocycles. The van der Waals surface area contributed by atoms with Gasteiger partial charge in [0, 0.05) is 11.5 Å². The maximum Gasteiger partial charge on any atom is 0.139 e. The van der Waals surface area contributed by atoms with Gasteiger partial charge in [0.2, 0.25) is 0 Å². The van der Waals surface area contributed by atoms with Gasteiger partial charge in [-0.3, -0.25) is 0 Å². The van der Waals surface area contributed by atoms with E-state index in [1.165, 1.54) is 47.2 Å². The highest BCUT2D eigenvalue weighted by Gasteiger charge is 2.54. The van der Waals surface area contributed by atoms with Crippen LogP contribution in [-0.4, -0.2) is 11.8 Å². The number of nitrogens with zero attached hydrogens (tertiary/aromatic N) is 1. The third-order valence-corrected chi connectivity index (χ3v) is 5.36. The van der Waals surface area contributed by atoms with Gasteiger partial charge in [-0.05, 0) is 63.0 Å². The van der Waals surface area contributed by atoms with Gasteiger partial charge in [-0.25, -0.2) is 0 Å². The van der Waals surface area contributed by atoms with E-state index < -0.39 is 0 Å². The molecule has 2 aliphatic carbocycles. The molecule has 1 aliphatic heterocycles. The molecule has 100 valence electrons. The standard InChI is InChI=1S/C17H21NO/c1-9-6-10(2)14(11(3)7-9)16-15-12-4-5-13(8-12)17(15)19-18-16/h6-7,12-13,15,17H,4-5,8H2,1-3H3/t12-,13-,15+,17-/m0/s1. The summed E-state index contributed by atoms with van der Waals surface area (Å²) in [6.45, 7) is 6.58. The van der Waals surface area contributed by atoms with E-state index in [2.05, 4.69) is 38.1 Å². The van der Waals surface area contributed by atoms with E-state index in [0.717, 1.165) is 11.8 Å². The van der Waals surface area contributed by atoms with Crippen LogP contribution in [0, 0.1) is 38.5 Å². The van der Waals surface area contributed by atoms with E-state index in [-0.39, 0.29) is 0 Å². The normalized spacial score (nSPS) is 35.2. The first-order chi connectivity index (χ1) is 9.15. The summed E-state index contributed by atoms with van der Waals surface area (Å²) in [5.74, 6) is 2.15. The highest BCUT2D eigenvalue weighted by atomic mass is 16.6. The molecule has 4 rings (SSSR count). The van der Waals surface area contributed by atoms with Gasteiger partial charge in [-0.2, -0.15) is 0 Å². The van der Waals surface area contributed by atoms with Crippen molar-refractivity contribution in [3.63, 3.8) is 0 Å². The van der Waals surface area contributed by atoms with Gasteiger partial charge in [0.1, 0.15) is 6.10 Å². The van der Waals surface area contributed by atoms with Gasteiger partial charge in [0.25, 0.3) is 0 Å². The Kier molecular flexibility index (Phi) is 2.33. The summed E-state index contributed by atoms with van der Waals surface area (Å²) in [6.07, 6.45) is 4.46. The lowest BCUT2D eigenvalue weighted by molar-refractivity contribution is 0.0275. The number of benzene rings is 1. The summed E-state index contributed by atoms with van der Waals surface area (Å²) in [6, 6.07) is 4.54. The molecule has 0 amide bonds. The topological polar surface area (TPSA) is 21.6 Å². The number of hydrogen-bond acceptors (Lipinski definition) is 2. The third kappa shape index (κ3) is 1.52. The molecule has 0 saturated heterocycles. The molecule has 4 atom stereocenters. The maximum absolute atomic E-state index is 5.81. The molecule has 3 aliphatic rings. The van der Waals surface area contributed by atoms with E-state index in [9.17, 15) is 0 Å². The summed E-state index contributed by atoms with van der Waals surface area (Å²) >= 11 is 0. The zero-order valence-electron chi connectivity index (χ0n) is 11.9. The first kappa shape index (κ1) is 11.5. The van der Waals surface area contributed by atoms with E-state index in [1.54, 1.807) is 0 Å². The van der Waals surface area contributed by atoms with Crippen molar-refractivity contribution in [3.05, 3.63) is 34.4 Å². The molecule has 2 fully saturated rings. The summed E-state index contributed by atoms with van der Waals surface area (Å²) in [4.78, 5) is 5.81. The molecule has 2 nitrogen and oxygen atoms in total. The molecule has 19 heavy (non-hydrogen) atoms. The quantitative estimate of drug-likeness (QED) is 0.748. The minimum Gasteiger partial charge on any atom is -0.391 e. The fourth-order valence-electron chi connectivity index (χ4n) is 4.74. The second kappa shape index (κ2) is 3.84. The maximum atomic E-state index is 5.81. The Balaban J connectivity index is 1.78. The lowest BCUT2D eigenvalue weighted by atomic mass is 9.79. The molecule has 0 unspecified atom stereocenters. The van der Waals surface area contributed by atoms with E-state index >= 15 is 0 Å². The van der Waals surface area contributed by atoms with E-state index in [0.29, 0.717) is 12.0 Å². The second-order valence-corrected chi connectivity index (χ2v) is 6.68. The van der Waals surface area contributed by atoms with Gasteiger partial charge >= 0.3 is 0 Å². The fraction of sp³-hybridized carbons (Fsp3) is 0.588. The highest BCUT2D eigenvalue weighted by molar-refractivity contribution is 6.05. The van der Waals surface area contributed by atoms with Crippen molar-refractivity contribution in [1.82, 2.24) is 0 Å². The van der Waals surface area contributed by atoms with E-state index in [4.69, 9.17) is 4.84 Å². The number of hydrogen-bond donors (Lipinski definition) is 0. The van der Waals surface area contributed by atoms with Crippen molar-refractivity contribution >= 4 is 5.71 Å². The largest absolute Gasteiger partial charge is 0.391 e. The Morgan fingerprint density at radius 1 is 1.05 bits per heavy atom. The Morgan fingerprint density at radius 2 is 1.74 bits per heavy atom. The van der Waals surface area contributed by atoms with Crippen LogP contribution in [0.1, 0.15) is 41.5 Å². The van der Waals surface area contributed by atoms with Crippen LogP contribution in [-0.2, 0) is 4.84 Å². The Labute approximate surface area is 114 Å². The first-order valence-electron chi connectivity index (χ1n) is 7.47. The highest BCUT2D eigenvalue weighted by Crippen LogP contribution is 2.53. The average molecular weight is 255 g/mol. The van der Waals surface area contributed by atoms with Crippen molar-refractivity contribution in [2.45, 2.75) is 46.1 Å². The van der Waals surface area contributed by atoms with Gasteiger partial charge in [0.05, 0.1) is 5.71 Å². The Hall–Kier alpha value is -1.31. The molecule has 1 heterocycles. The SMILES string of the molecule is Cc1cc(C)c(C2=NO[C@H]3[C@H]4CC[C@@H](C4)[C@H]23)c(C)c1. The number of rotatable bonds is 1. The van der Waals surface area contributed by atoms with Crippen LogP contribution in [0.5, 0.6) is 0 Å². The molecule has 2 bridgehead atoms. The summed E-state index contributed by atoms with van der Waals surface area (Å²) in [5.41, 5.74) is 6.63. The minimum atomic E-state index is 0.383. The smallest absolute Gasteiger partial charge is 0.139 e.